The SMILES string of the molecule is Cc1ccc(NC(=O)CSC2NC(=O)C(Cc3ccccc3)C(O)N2)cc1. The molecule has 0 radical (unpaired) electrons. The first-order valence-corrected chi connectivity index (χ1v) is 9.83. The van der Waals surface area contributed by atoms with Gasteiger partial charge in [0.1, 0.15) is 11.7 Å². The molecule has 2 aromatic rings. The molecule has 2 amide bonds. The molecule has 2 aromatic carbocycles. The highest BCUT2D eigenvalue weighted by molar-refractivity contribution is 8.00. The summed E-state index contributed by atoms with van der Waals surface area (Å²) in [6.45, 7) is 1.98. The highest BCUT2D eigenvalue weighted by Crippen LogP contribution is 2.19. The van der Waals surface area contributed by atoms with Crippen LogP contribution in [0.15, 0.2) is 54.6 Å². The molecule has 0 saturated carbocycles. The Bertz CT molecular complexity index is 783. The lowest BCUT2D eigenvalue weighted by atomic mass is 9.96. The monoisotopic (exact) mass is 385 g/mol. The molecule has 7 heteroatoms. The van der Waals surface area contributed by atoms with Gasteiger partial charge in [0.05, 0.1) is 11.7 Å². The lowest BCUT2D eigenvalue weighted by molar-refractivity contribution is -0.133. The van der Waals surface area contributed by atoms with Crippen LogP contribution < -0.4 is 16.0 Å². The van der Waals surface area contributed by atoms with E-state index in [1.807, 2.05) is 61.5 Å². The molecule has 4 N–H and O–H groups in total. The predicted octanol–water partition coefficient (Wildman–Crippen LogP) is 1.85. The van der Waals surface area contributed by atoms with E-state index >= 15 is 0 Å². The number of aliphatic hydroxyl groups is 1. The van der Waals surface area contributed by atoms with Crippen LogP contribution in [0.1, 0.15) is 11.1 Å². The van der Waals surface area contributed by atoms with Gasteiger partial charge in [0.2, 0.25) is 11.8 Å². The van der Waals surface area contributed by atoms with Crippen molar-refractivity contribution in [2.45, 2.75) is 25.1 Å². The Morgan fingerprint density at radius 1 is 1.15 bits per heavy atom. The molecule has 3 unspecified atom stereocenters. The van der Waals surface area contributed by atoms with Crippen molar-refractivity contribution in [2.24, 2.45) is 5.92 Å². The largest absolute Gasteiger partial charge is 0.378 e. The fourth-order valence-electron chi connectivity index (χ4n) is 2.85. The fourth-order valence-corrected chi connectivity index (χ4v) is 3.67. The highest BCUT2D eigenvalue weighted by atomic mass is 32.2. The van der Waals surface area contributed by atoms with Crippen LogP contribution in [0, 0.1) is 12.8 Å². The topological polar surface area (TPSA) is 90.5 Å². The summed E-state index contributed by atoms with van der Waals surface area (Å²) in [4.78, 5) is 24.4. The normalized spacial score (nSPS) is 22.1. The second kappa shape index (κ2) is 9.03. The summed E-state index contributed by atoms with van der Waals surface area (Å²) in [5.41, 5.74) is 2.33. The maximum absolute atomic E-state index is 12.4. The van der Waals surface area contributed by atoms with Crippen molar-refractivity contribution in [3.05, 3.63) is 65.7 Å². The van der Waals surface area contributed by atoms with E-state index in [1.54, 1.807) is 0 Å². The zero-order valence-electron chi connectivity index (χ0n) is 15.0. The van der Waals surface area contributed by atoms with Crippen LogP contribution in [-0.4, -0.2) is 34.4 Å². The molecule has 1 saturated heterocycles. The van der Waals surface area contributed by atoms with Crippen molar-refractivity contribution in [1.82, 2.24) is 10.6 Å². The number of hydrogen-bond acceptors (Lipinski definition) is 5. The lowest BCUT2D eigenvalue weighted by Crippen LogP contribution is -2.60. The van der Waals surface area contributed by atoms with Gasteiger partial charge in [0.25, 0.3) is 0 Å². The first-order valence-electron chi connectivity index (χ1n) is 8.78. The number of hydrogen-bond donors (Lipinski definition) is 4. The molecule has 0 bridgehead atoms. The number of benzene rings is 2. The standard InChI is InChI=1S/C20H23N3O3S/c1-13-7-9-15(10-8-13)21-17(24)12-27-20-22-18(25)16(19(26)23-20)11-14-5-3-2-4-6-14/h2-10,16,18,20,22,25H,11-12H2,1H3,(H,21,24)(H,23,26). The van der Waals surface area contributed by atoms with E-state index < -0.39 is 17.6 Å². The lowest BCUT2D eigenvalue weighted by Gasteiger charge is -2.34. The number of aliphatic hydroxyl groups excluding tert-OH is 1. The average Bonchev–Trinajstić information content (AvgIpc) is 2.66. The van der Waals surface area contributed by atoms with Crippen LogP contribution in [0.25, 0.3) is 0 Å². The smallest absolute Gasteiger partial charge is 0.234 e. The Morgan fingerprint density at radius 3 is 2.52 bits per heavy atom. The fraction of sp³-hybridized carbons (Fsp3) is 0.300. The number of nitrogens with one attached hydrogen (secondary N) is 3. The maximum atomic E-state index is 12.4. The number of carbonyl (C=O) groups is 2. The zero-order valence-corrected chi connectivity index (χ0v) is 15.8. The third-order valence-corrected chi connectivity index (χ3v) is 5.34. The van der Waals surface area contributed by atoms with Crippen molar-refractivity contribution in [2.75, 3.05) is 11.1 Å². The third kappa shape index (κ3) is 5.56. The Kier molecular flexibility index (Phi) is 6.49. The number of thioether (sulfide) groups is 1. The maximum Gasteiger partial charge on any atom is 0.234 e. The van der Waals surface area contributed by atoms with Gasteiger partial charge in [-0.3, -0.25) is 14.9 Å². The minimum atomic E-state index is -0.961. The number of carbonyl (C=O) groups excluding carboxylic acids is 2. The van der Waals surface area contributed by atoms with Crippen molar-refractivity contribution in [3.8, 4) is 0 Å². The van der Waals surface area contributed by atoms with Gasteiger partial charge < -0.3 is 15.7 Å². The van der Waals surface area contributed by atoms with Crippen LogP contribution in [0.5, 0.6) is 0 Å². The first-order chi connectivity index (χ1) is 13.0. The van der Waals surface area contributed by atoms with Gasteiger partial charge in [0, 0.05) is 5.69 Å². The van der Waals surface area contributed by atoms with E-state index in [1.165, 1.54) is 11.8 Å². The van der Waals surface area contributed by atoms with E-state index in [0.29, 0.717) is 6.42 Å². The molecule has 1 aliphatic rings. The molecule has 1 aliphatic heterocycles. The number of rotatable bonds is 6. The minimum absolute atomic E-state index is 0.155. The molecule has 0 aromatic heterocycles. The van der Waals surface area contributed by atoms with E-state index in [4.69, 9.17) is 0 Å². The van der Waals surface area contributed by atoms with E-state index in [9.17, 15) is 14.7 Å². The Balaban J connectivity index is 1.47. The van der Waals surface area contributed by atoms with Crippen molar-refractivity contribution in [3.63, 3.8) is 0 Å². The summed E-state index contributed by atoms with van der Waals surface area (Å²) >= 11 is 1.23. The molecule has 142 valence electrons. The molecule has 0 aliphatic carbocycles. The summed E-state index contributed by atoms with van der Waals surface area (Å²) in [5, 5.41) is 18.9. The average molecular weight is 385 g/mol. The number of aryl methyl sites for hydroxylation is 1. The summed E-state index contributed by atoms with van der Waals surface area (Å²) in [5.74, 6) is -0.796. The van der Waals surface area contributed by atoms with Gasteiger partial charge in [-0.1, -0.05) is 48.0 Å². The summed E-state index contributed by atoms with van der Waals surface area (Å²) in [6, 6.07) is 17.1. The van der Waals surface area contributed by atoms with Gasteiger partial charge in [-0.05, 0) is 31.0 Å². The molecule has 1 heterocycles. The van der Waals surface area contributed by atoms with Gasteiger partial charge in [-0.15, -0.1) is 11.8 Å². The van der Waals surface area contributed by atoms with Crippen molar-refractivity contribution >= 4 is 29.3 Å². The van der Waals surface area contributed by atoms with E-state index in [-0.39, 0.29) is 17.6 Å². The number of anilines is 1. The van der Waals surface area contributed by atoms with Crippen LogP contribution in [-0.2, 0) is 16.0 Å². The second-order valence-electron chi connectivity index (χ2n) is 6.52. The van der Waals surface area contributed by atoms with Crippen LogP contribution >= 0.6 is 11.8 Å². The van der Waals surface area contributed by atoms with Crippen molar-refractivity contribution < 1.29 is 14.7 Å². The quantitative estimate of drug-likeness (QED) is 0.609. The molecule has 0 spiro atoms. The van der Waals surface area contributed by atoms with E-state index in [0.717, 1.165) is 16.8 Å². The summed E-state index contributed by atoms with van der Waals surface area (Å²) in [6.07, 6.45) is -0.511. The third-order valence-electron chi connectivity index (χ3n) is 4.33. The molecule has 3 rings (SSSR count). The van der Waals surface area contributed by atoms with Gasteiger partial charge in [-0.2, -0.15) is 0 Å². The van der Waals surface area contributed by atoms with Crippen LogP contribution in [0.3, 0.4) is 0 Å². The minimum Gasteiger partial charge on any atom is -0.378 e. The number of amides is 2. The Hall–Kier alpha value is -2.35. The summed E-state index contributed by atoms with van der Waals surface area (Å²) in [7, 11) is 0. The molecule has 27 heavy (non-hydrogen) atoms. The highest BCUT2D eigenvalue weighted by Gasteiger charge is 2.35. The van der Waals surface area contributed by atoms with Crippen LogP contribution in [0.4, 0.5) is 5.69 Å². The van der Waals surface area contributed by atoms with Crippen LogP contribution in [0.2, 0.25) is 0 Å². The predicted molar refractivity (Wildman–Crippen MR) is 107 cm³/mol. The van der Waals surface area contributed by atoms with Crippen molar-refractivity contribution in [1.29, 1.82) is 0 Å². The first kappa shape index (κ1) is 19.4. The molecule has 3 atom stereocenters. The van der Waals surface area contributed by atoms with E-state index in [2.05, 4.69) is 16.0 Å². The summed E-state index contributed by atoms with van der Waals surface area (Å²) < 4.78 is 0. The molecular weight excluding hydrogens is 362 g/mol. The molecule has 1 fully saturated rings. The zero-order chi connectivity index (χ0) is 19.2. The van der Waals surface area contributed by atoms with Gasteiger partial charge in [-0.25, -0.2) is 0 Å². The Morgan fingerprint density at radius 2 is 1.85 bits per heavy atom. The second-order valence-corrected chi connectivity index (χ2v) is 7.61. The molecule has 6 nitrogen and oxygen atoms in total. The van der Waals surface area contributed by atoms with Gasteiger partial charge >= 0.3 is 0 Å². The molecular formula is C20H23N3O3S. The van der Waals surface area contributed by atoms with Gasteiger partial charge in [0.15, 0.2) is 0 Å². The Labute approximate surface area is 162 Å².